The van der Waals surface area contributed by atoms with E-state index < -0.39 is 0 Å². The van der Waals surface area contributed by atoms with Crippen LogP contribution >= 0.6 is 0 Å². The number of aromatic amines is 1. The molecule has 0 unspecified atom stereocenters. The van der Waals surface area contributed by atoms with E-state index in [1.807, 2.05) is 58.0 Å². The highest BCUT2D eigenvalue weighted by molar-refractivity contribution is 5.73. The quantitative estimate of drug-likeness (QED) is 0.763. The smallest absolute Gasteiger partial charge is 0.303 e. The predicted molar refractivity (Wildman–Crippen MR) is 105 cm³/mol. The summed E-state index contributed by atoms with van der Waals surface area (Å²) in [5, 5.41) is 0. The van der Waals surface area contributed by atoms with Crippen molar-refractivity contribution >= 4 is 11.2 Å². The standard InChI is InChI=1S/C15H16N4O.C3H8.C2H6/c1-3-12-16-10(2)13-14(17-12)19(15(20)18-13)9-11-7-5-4-6-8-11;1-3-2;1-2/h4-8H,3,9H2,1-2H3,(H,18,20);3H2,1-2H3;1-2H3. The zero-order valence-corrected chi connectivity index (χ0v) is 16.3. The molecule has 0 aliphatic rings. The first-order valence-corrected chi connectivity index (χ1v) is 9.10. The first kappa shape index (κ1) is 20.6. The number of nitrogens with one attached hydrogen (secondary N) is 1. The van der Waals surface area contributed by atoms with Crippen molar-refractivity contribution in [2.75, 3.05) is 0 Å². The van der Waals surface area contributed by atoms with Gasteiger partial charge in [-0.3, -0.25) is 4.57 Å². The molecule has 25 heavy (non-hydrogen) atoms. The van der Waals surface area contributed by atoms with Crippen LogP contribution in [0.5, 0.6) is 0 Å². The van der Waals surface area contributed by atoms with E-state index in [0.29, 0.717) is 12.2 Å². The van der Waals surface area contributed by atoms with Crippen molar-refractivity contribution < 1.29 is 0 Å². The van der Waals surface area contributed by atoms with E-state index in [1.165, 1.54) is 6.42 Å². The van der Waals surface area contributed by atoms with Gasteiger partial charge in [0.15, 0.2) is 5.65 Å². The van der Waals surface area contributed by atoms with Crippen molar-refractivity contribution in [3.05, 3.63) is 57.9 Å². The number of hydrogen-bond donors (Lipinski definition) is 1. The number of benzene rings is 1. The maximum Gasteiger partial charge on any atom is 0.328 e. The third-order valence-electron chi connectivity index (χ3n) is 3.35. The molecular formula is C20H30N4O. The highest BCUT2D eigenvalue weighted by Gasteiger charge is 2.12. The zero-order chi connectivity index (χ0) is 18.8. The lowest BCUT2D eigenvalue weighted by Crippen LogP contribution is -2.17. The molecule has 0 saturated carbocycles. The molecule has 1 N–H and O–H groups in total. The summed E-state index contributed by atoms with van der Waals surface area (Å²) in [4.78, 5) is 23.9. The van der Waals surface area contributed by atoms with Crippen molar-refractivity contribution in [3.63, 3.8) is 0 Å². The molecule has 3 aromatic rings. The van der Waals surface area contributed by atoms with E-state index in [0.717, 1.165) is 29.0 Å². The summed E-state index contributed by atoms with van der Waals surface area (Å²) in [6, 6.07) is 9.89. The highest BCUT2D eigenvalue weighted by Crippen LogP contribution is 2.13. The summed E-state index contributed by atoms with van der Waals surface area (Å²) in [6.45, 7) is 12.7. The molecule has 0 fully saturated rings. The Morgan fingerprint density at radius 3 is 2.20 bits per heavy atom. The molecule has 2 aromatic heterocycles. The van der Waals surface area contributed by atoms with Gasteiger partial charge in [-0.1, -0.05) is 71.4 Å². The van der Waals surface area contributed by atoms with Crippen LogP contribution in [0.15, 0.2) is 35.1 Å². The summed E-state index contributed by atoms with van der Waals surface area (Å²) in [6.07, 6.45) is 2.00. The molecule has 5 nitrogen and oxygen atoms in total. The van der Waals surface area contributed by atoms with E-state index in [-0.39, 0.29) is 5.69 Å². The zero-order valence-electron chi connectivity index (χ0n) is 16.3. The number of aromatic nitrogens is 4. The number of H-pyrrole nitrogens is 1. The van der Waals surface area contributed by atoms with Gasteiger partial charge in [0.25, 0.3) is 0 Å². The summed E-state index contributed by atoms with van der Waals surface area (Å²) >= 11 is 0. The second kappa shape index (κ2) is 10.4. The maximum absolute atomic E-state index is 12.1. The lowest BCUT2D eigenvalue weighted by atomic mass is 10.2. The third-order valence-corrected chi connectivity index (χ3v) is 3.35. The number of rotatable bonds is 3. The fourth-order valence-corrected chi connectivity index (χ4v) is 2.30. The minimum Gasteiger partial charge on any atom is -0.303 e. The monoisotopic (exact) mass is 342 g/mol. The van der Waals surface area contributed by atoms with Crippen LogP contribution in [0.2, 0.25) is 0 Å². The van der Waals surface area contributed by atoms with Crippen LogP contribution in [0.4, 0.5) is 0 Å². The first-order chi connectivity index (χ1) is 12.1. The van der Waals surface area contributed by atoms with Crippen LogP contribution in [-0.2, 0) is 13.0 Å². The van der Waals surface area contributed by atoms with Gasteiger partial charge in [-0.2, -0.15) is 0 Å². The van der Waals surface area contributed by atoms with Crippen molar-refractivity contribution in [1.29, 1.82) is 0 Å². The molecule has 0 atom stereocenters. The number of aryl methyl sites for hydroxylation is 2. The van der Waals surface area contributed by atoms with Crippen LogP contribution in [0.25, 0.3) is 11.2 Å². The van der Waals surface area contributed by atoms with E-state index in [4.69, 9.17) is 0 Å². The van der Waals surface area contributed by atoms with Gasteiger partial charge in [-0.05, 0) is 12.5 Å². The maximum atomic E-state index is 12.1. The molecule has 2 heterocycles. The third kappa shape index (κ3) is 5.28. The average molecular weight is 342 g/mol. The Hall–Kier alpha value is -2.43. The molecule has 0 bridgehead atoms. The molecule has 0 spiro atoms. The molecule has 0 amide bonds. The van der Waals surface area contributed by atoms with Gasteiger partial charge in [0, 0.05) is 6.42 Å². The molecule has 5 heteroatoms. The van der Waals surface area contributed by atoms with Crippen molar-refractivity contribution in [3.8, 4) is 0 Å². The van der Waals surface area contributed by atoms with Crippen LogP contribution in [-0.4, -0.2) is 19.5 Å². The first-order valence-electron chi connectivity index (χ1n) is 9.10. The summed E-state index contributed by atoms with van der Waals surface area (Å²) in [5.74, 6) is 0.760. The van der Waals surface area contributed by atoms with Gasteiger partial charge in [0.2, 0.25) is 0 Å². The van der Waals surface area contributed by atoms with E-state index in [1.54, 1.807) is 4.57 Å². The number of imidazole rings is 1. The van der Waals surface area contributed by atoms with Gasteiger partial charge >= 0.3 is 5.69 Å². The van der Waals surface area contributed by atoms with E-state index in [9.17, 15) is 4.79 Å². The lowest BCUT2D eigenvalue weighted by Gasteiger charge is -2.04. The molecule has 0 aliphatic carbocycles. The second-order valence-electron chi connectivity index (χ2n) is 5.49. The summed E-state index contributed by atoms with van der Waals surface area (Å²) < 4.78 is 1.67. The minimum absolute atomic E-state index is 0.144. The van der Waals surface area contributed by atoms with Gasteiger partial charge in [0.1, 0.15) is 11.3 Å². The van der Waals surface area contributed by atoms with Crippen LogP contribution in [0.1, 0.15) is 58.1 Å². The fourth-order valence-electron chi connectivity index (χ4n) is 2.30. The normalized spacial score (nSPS) is 9.84. The predicted octanol–water partition coefficient (Wildman–Crippen LogP) is 4.48. The largest absolute Gasteiger partial charge is 0.328 e. The van der Waals surface area contributed by atoms with Crippen LogP contribution in [0.3, 0.4) is 0 Å². The Morgan fingerprint density at radius 1 is 1.04 bits per heavy atom. The second-order valence-corrected chi connectivity index (χ2v) is 5.49. The number of hydrogen-bond acceptors (Lipinski definition) is 3. The molecule has 1 aromatic carbocycles. The van der Waals surface area contributed by atoms with E-state index >= 15 is 0 Å². The molecule has 0 saturated heterocycles. The van der Waals surface area contributed by atoms with Crippen LogP contribution < -0.4 is 5.69 Å². The molecule has 136 valence electrons. The number of fused-ring (bicyclic) bond motifs is 1. The Balaban J connectivity index is 0.000000567. The lowest BCUT2D eigenvalue weighted by molar-refractivity contribution is 0.772. The Labute approximate surface area is 150 Å². The highest BCUT2D eigenvalue weighted by atomic mass is 16.1. The summed E-state index contributed by atoms with van der Waals surface area (Å²) in [5.41, 5.74) is 3.15. The molecule has 0 aliphatic heterocycles. The van der Waals surface area contributed by atoms with Crippen molar-refractivity contribution in [1.82, 2.24) is 19.5 Å². The Morgan fingerprint density at radius 2 is 1.64 bits per heavy atom. The fraction of sp³-hybridized carbons (Fsp3) is 0.450. The average Bonchev–Trinajstić information content (AvgIpc) is 2.95. The SMILES string of the molecule is CC.CCC.CCc1nc(C)c2[nH]c(=O)n(Cc3ccccc3)c2n1. The summed E-state index contributed by atoms with van der Waals surface area (Å²) in [7, 11) is 0. The van der Waals surface area contributed by atoms with Crippen LogP contribution in [0, 0.1) is 6.92 Å². The van der Waals surface area contributed by atoms with Gasteiger partial charge in [-0.15, -0.1) is 0 Å². The Bertz CT molecular complexity index is 819. The van der Waals surface area contributed by atoms with Crippen molar-refractivity contribution in [2.45, 2.75) is 60.9 Å². The number of nitrogens with zero attached hydrogens (tertiary/aromatic N) is 3. The minimum atomic E-state index is -0.144. The topological polar surface area (TPSA) is 63.6 Å². The molecule has 0 radical (unpaired) electrons. The molecule has 3 rings (SSSR count). The van der Waals surface area contributed by atoms with Gasteiger partial charge in [0.05, 0.1) is 12.2 Å². The van der Waals surface area contributed by atoms with E-state index in [2.05, 4.69) is 28.8 Å². The van der Waals surface area contributed by atoms with Gasteiger partial charge in [-0.25, -0.2) is 14.8 Å². The van der Waals surface area contributed by atoms with Gasteiger partial charge < -0.3 is 4.98 Å². The Kier molecular flexibility index (Phi) is 8.61. The van der Waals surface area contributed by atoms with Crippen molar-refractivity contribution in [2.24, 2.45) is 0 Å². The molecular weight excluding hydrogens is 312 g/mol.